The van der Waals surface area contributed by atoms with Gasteiger partial charge in [-0.15, -0.1) is 0 Å². The molecule has 0 aromatic carbocycles. The maximum atomic E-state index is 11.7. The SMILES string of the molecule is CCNCCCS(=O)(=O)NCC1CCC(C)C1. The van der Waals surface area contributed by atoms with Gasteiger partial charge < -0.3 is 5.32 Å². The molecule has 2 atom stereocenters. The Morgan fingerprint density at radius 3 is 2.65 bits per heavy atom. The van der Waals surface area contributed by atoms with Crippen molar-refractivity contribution >= 4 is 10.0 Å². The van der Waals surface area contributed by atoms with Crippen LogP contribution in [0, 0.1) is 11.8 Å². The molecule has 1 saturated carbocycles. The Morgan fingerprint density at radius 2 is 2.06 bits per heavy atom. The molecule has 0 aromatic rings. The van der Waals surface area contributed by atoms with E-state index in [4.69, 9.17) is 0 Å². The number of nitrogens with one attached hydrogen (secondary N) is 2. The van der Waals surface area contributed by atoms with Crippen LogP contribution in [0.5, 0.6) is 0 Å². The molecule has 2 N–H and O–H groups in total. The zero-order chi connectivity index (χ0) is 12.7. The van der Waals surface area contributed by atoms with Gasteiger partial charge in [0, 0.05) is 6.54 Å². The van der Waals surface area contributed by atoms with Gasteiger partial charge in [0.05, 0.1) is 5.75 Å². The van der Waals surface area contributed by atoms with E-state index >= 15 is 0 Å². The molecule has 0 bridgehead atoms. The summed E-state index contributed by atoms with van der Waals surface area (Å²) in [6, 6.07) is 0. The van der Waals surface area contributed by atoms with Crippen LogP contribution in [-0.2, 0) is 10.0 Å². The Hall–Kier alpha value is -0.130. The minimum Gasteiger partial charge on any atom is -0.317 e. The molecular weight excluding hydrogens is 236 g/mol. The lowest BCUT2D eigenvalue weighted by molar-refractivity contribution is 0.497. The van der Waals surface area contributed by atoms with Gasteiger partial charge in [0.2, 0.25) is 10.0 Å². The van der Waals surface area contributed by atoms with Gasteiger partial charge in [0.15, 0.2) is 0 Å². The predicted molar refractivity (Wildman–Crippen MR) is 71.5 cm³/mol. The summed E-state index contributed by atoms with van der Waals surface area (Å²) in [5.41, 5.74) is 0. The molecule has 0 spiro atoms. The Kier molecular flexibility index (Phi) is 6.44. The fourth-order valence-corrected chi connectivity index (χ4v) is 3.55. The largest absolute Gasteiger partial charge is 0.317 e. The Balaban J connectivity index is 2.16. The lowest BCUT2D eigenvalue weighted by atomic mass is 10.1. The van der Waals surface area contributed by atoms with E-state index in [2.05, 4.69) is 17.0 Å². The zero-order valence-electron chi connectivity index (χ0n) is 11.0. The highest BCUT2D eigenvalue weighted by atomic mass is 32.2. The van der Waals surface area contributed by atoms with Crippen molar-refractivity contribution in [3.05, 3.63) is 0 Å². The Bertz CT molecular complexity index is 304. The second-order valence-corrected chi connectivity index (χ2v) is 7.09. The quantitative estimate of drug-likeness (QED) is 0.649. The third kappa shape index (κ3) is 6.38. The Morgan fingerprint density at radius 1 is 1.29 bits per heavy atom. The molecule has 0 amide bonds. The van der Waals surface area contributed by atoms with Gasteiger partial charge in [-0.25, -0.2) is 13.1 Å². The van der Waals surface area contributed by atoms with Crippen LogP contribution in [0.1, 0.15) is 39.5 Å². The Labute approximate surface area is 106 Å². The number of rotatable bonds is 8. The molecule has 1 rings (SSSR count). The highest BCUT2D eigenvalue weighted by molar-refractivity contribution is 7.89. The van der Waals surface area contributed by atoms with Crippen LogP contribution in [0.25, 0.3) is 0 Å². The first kappa shape index (κ1) is 14.9. The van der Waals surface area contributed by atoms with Crippen molar-refractivity contribution in [2.24, 2.45) is 11.8 Å². The molecule has 102 valence electrons. The van der Waals surface area contributed by atoms with Crippen LogP contribution in [0.15, 0.2) is 0 Å². The van der Waals surface area contributed by atoms with E-state index in [0.717, 1.165) is 19.0 Å². The van der Waals surface area contributed by atoms with Gasteiger partial charge in [-0.1, -0.05) is 20.3 Å². The lowest BCUT2D eigenvalue weighted by Crippen LogP contribution is -2.31. The maximum Gasteiger partial charge on any atom is 0.211 e. The fourth-order valence-electron chi connectivity index (χ4n) is 2.39. The average molecular weight is 262 g/mol. The third-order valence-corrected chi connectivity index (χ3v) is 4.84. The van der Waals surface area contributed by atoms with Crippen LogP contribution in [0.3, 0.4) is 0 Å². The average Bonchev–Trinajstić information content (AvgIpc) is 2.68. The first-order valence-corrected chi connectivity index (χ1v) is 8.36. The molecule has 0 aliphatic heterocycles. The normalized spacial score (nSPS) is 25.3. The number of hydrogen-bond acceptors (Lipinski definition) is 3. The van der Waals surface area contributed by atoms with E-state index in [9.17, 15) is 8.42 Å². The molecular formula is C12H26N2O2S. The van der Waals surface area contributed by atoms with Gasteiger partial charge in [-0.3, -0.25) is 0 Å². The van der Waals surface area contributed by atoms with Crippen molar-refractivity contribution in [3.63, 3.8) is 0 Å². The molecule has 1 fully saturated rings. The number of sulfonamides is 1. The van der Waals surface area contributed by atoms with Gasteiger partial charge in [-0.05, 0) is 44.2 Å². The summed E-state index contributed by atoms with van der Waals surface area (Å²) in [6.07, 6.45) is 4.26. The van der Waals surface area contributed by atoms with Crippen molar-refractivity contribution in [2.75, 3.05) is 25.4 Å². The van der Waals surface area contributed by atoms with Gasteiger partial charge in [0.1, 0.15) is 0 Å². The predicted octanol–water partition coefficient (Wildman–Crippen LogP) is 1.34. The van der Waals surface area contributed by atoms with Crippen molar-refractivity contribution < 1.29 is 8.42 Å². The molecule has 0 heterocycles. The molecule has 0 aromatic heterocycles. The smallest absolute Gasteiger partial charge is 0.211 e. The van der Waals surface area contributed by atoms with Crippen molar-refractivity contribution in [3.8, 4) is 0 Å². The highest BCUT2D eigenvalue weighted by Crippen LogP contribution is 2.29. The second-order valence-electron chi connectivity index (χ2n) is 5.16. The summed E-state index contributed by atoms with van der Waals surface area (Å²) in [5.74, 6) is 1.55. The van der Waals surface area contributed by atoms with Gasteiger partial charge in [0.25, 0.3) is 0 Å². The van der Waals surface area contributed by atoms with Crippen LogP contribution >= 0.6 is 0 Å². The minimum atomic E-state index is -3.06. The summed E-state index contributed by atoms with van der Waals surface area (Å²) in [4.78, 5) is 0. The van der Waals surface area contributed by atoms with Gasteiger partial charge >= 0.3 is 0 Å². The summed E-state index contributed by atoms with van der Waals surface area (Å²) in [5, 5.41) is 3.13. The van der Waals surface area contributed by atoms with Crippen LogP contribution in [0.4, 0.5) is 0 Å². The first-order valence-electron chi connectivity index (χ1n) is 6.71. The van der Waals surface area contributed by atoms with Crippen LogP contribution in [-0.4, -0.2) is 33.8 Å². The monoisotopic (exact) mass is 262 g/mol. The first-order chi connectivity index (χ1) is 8.03. The minimum absolute atomic E-state index is 0.238. The second kappa shape index (κ2) is 7.34. The van der Waals surface area contributed by atoms with Crippen molar-refractivity contribution in [1.29, 1.82) is 0 Å². The van der Waals surface area contributed by atoms with Crippen LogP contribution < -0.4 is 10.0 Å². The molecule has 1 aliphatic carbocycles. The summed E-state index contributed by atoms with van der Waals surface area (Å²) in [7, 11) is -3.06. The third-order valence-electron chi connectivity index (χ3n) is 3.41. The zero-order valence-corrected chi connectivity index (χ0v) is 11.9. The van der Waals surface area contributed by atoms with E-state index in [1.165, 1.54) is 19.3 Å². The molecule has 17 heavy (non-hydrogen) atoms. The summed E-state index contributed by atoms with van der Waals surface area (Å²) < 4.78 is 26.1. The van der Waals surface area contributed by atoms with E-state index in [-0.39, 0.29) is 5.75 Å². The van der Waals surface area contributed by atoms with Crippen molar-refractivity contribution in [2.45, 2.75) is 39.5 Å². The fraction of sp³-hybridized carbons (Fsp3) is 1.00. The molecule has 4 nitrogen and oxygen atoms in total. The van der Waals surface area contributed by atoms with E-state index in [1.54, 1.807) is 0 Å². The van der Waals surface area contributed by atoms with E-state index < -0.39 is 10.0 Å². The maximum absolute atomic E-state index is 11.7. The topological polar surface area (TPSA) is 58.2 Å². The summed E-state index contributed by atoms with van der Waals surface area (Å²) >= 11 is 0. The molecule has 5 heteroatoms. The molecule has 1 aliphatic rings. The van der Waals surface area contributed by atoms with Crippen molar-refractivity contribution in [1.82, 2.24) is 10.0 Å². The van der Waals surface area contributed by atoms with E-state index in [1.807, 2.05) is 6.92 Å². The molecule has 2 unspecified atom stereocenters. The van der Waals surface area contributed by atoms with Gasteiger partial charge in [-0.2, -0.15) is 0 Å². The molecule has 0 saturated heterocycles. The summed E-state index contributed by atoms with van der Waals surface area (Å²) in [6.45, 7) is 6.57. The molecule has 0 radical (unpaired) electrons. The number of hydrogen-bond donors (Lipinski definition) is 2. The highest BCUT2D eigenvalue weighted by Gasteiger charge is 2.22. The van der Waals surface area contributed by atoms with Crippen LogP contribution in [0.2, 0.25) is 0 Å². The standard InChI is InChI=1S/C12H26N2O2S/c1-3-13-7-4-8-17(15,16)14-10-12-6-5-11(2)9-12/h11-14H,3-10H2,1-2H3. The lowest BCUT2D eigenvalue weighted by Gasteiger charge is -2.11. The van der Waals surface area contributed by atoms with E-state index in [0.29, 0.717) is 18.9 Å².